The zero-order valence-corrected chi connectivity index (χ0v) is 11.0. The summed E-state index contributed by atoms with van der Waals surface area (Å²) in [7, 11) is 0. The molecule has 5 nitrogen and oxygen atoms in total. The fourth-order valence-corrected chi connectivity index (χ4v) is 1.94. The van der Waals surface area contributed by atoms with Crippen molar-refractivity contribution in [2.75, 3.05) is 0 Å². The van der Waals surface area contributed by atoms with Gasteiger partial charge in [-0.2, -0.15) is 0 Å². The number of nitrogens with zero attached hydrogens (tertiary/aromatic N) is 2. The monoisotopic (exact) mass is 283 g/mol. The molecule has 1 aromatic heterocycles. The highest BCUT2D eigenvalue weighted by atomic mass is 35.5. The Bertz CT molecular complexity index is 556. The van der Waals surface area contributed by atoms with Crippen molar-refractivity contribution in [1.29, 1.82) is 0 Å². The number of amides is 1. The molecule has 2 aromatic rings. The number of rotatable bonds is 4. The van der Waals surface area contributed by atoms with Gasteiger partial charge in [0.25, 0.3) is 5.22 Å². The van der Waals surface area contributed by atoms with E-state index in [1.54, 1.807) is 31.2 Å². The third-order valence-corrected chi connectivity index (χ3v) is 3.38. The van der Waals surface area contributed by atoms with Crippen LogP contribution in [-0.4, -0.2) is 21.4 Å². The van der Waals surface area contributed by atoms with Crippen LogP contribution in [0.4, 0.5) is 0 Å². The van der Waals surface area contributed by atoms with Gasteiger partial charge in [-0.1, -0.05) is 23.4 Å². The molecule has 0 unspecified atom stereocenters. The summed E-state index contributed by atoms with van der Waals surface area (Å²) in [6.45, 7) is 1.68. The number of aromatic nitrogens is 2. The standard InChI is InChI=1S/C11H10ClN3O2S/c1-6(9(13)16)18-11-15-14-10(17-11)7-2-4-8(12)5-3-7/h2-6H,1H3,(H2,13,16)/t6-/m0/s1. The van der Waals surface area contributed by atoms with Crippen LogP contribution in [0.15, 0.2) is 33.9 Å². The van der Waals surface area contributed by atoms with Gasteiger partial charge < -0.3 is 10.2 Å². The molecule has 0 aliphatic rings. The molecule has 1 heterocycles. The fourth-order valence-electron chi connectivity index (χ4n) is 1.18. The number of thioether (sulfide) groups is 1. The van der Waals surface area contributed by atoms with Gasteiger partial charge in [0.05, 0.1) is 5.25 Å². The Labute approximate surface area is 113 Å². The van der Waals surface area contributed by atoms with E-state index in [1.165, 1.54) is 0 Å². The summed E-state index contributed by atoms with van der Waals surface area (Å²) in [5, 5.41) is 8.27. The van der Waals surface area contributed by atoms with Gasteiger partial charge in [-0.15, -0.1) is 10.2 Å². The molecular weight excluding hydrogens is 274 g/mol. The normalized spacial score (nSPS) is 12.3. The van der Waals surface area contributed by atoms with Crippen LogP contribution in [0.5, 0.6) is 0 Å². The molecule has 0 aliphatic carbocycles. The highest BCUT2D eigenvalue weighted by Gasteiger charge is 2.16. The first-order chi connectivity index (χ1) is 8.56. The third-order valence-electron chi connectivity index (χ3n) is 2.18. The summed E-state index contributed by atoms with van der Waals surface area (Å²) in [4.78, 5) is 10.9. The summed E-state index contributed by atoms with van der Waals surface area (Å²) in [5.74, 6) is -0.0444. The molecule has 1 aromatic carbocycles. The van der Waals surface area contributed by atoms with E-state index in [-0.39, 0.29) is 0 Å². The number of nitrogens with two attached hydrogens (primary N) is 1. The van der Waals surface area contributed by atoms with Gasteiger partial charge in [0.2, 0.25) is 11.8 Å². The minimum atomic E-state index is -0.425. The van der Waals surface area contributed by atoms with Crippen LogP contribution in [-0.2, 0) is 4.79 Å². The van der Waals surface area contributed by atoms with Crippen molar-refractivity contribution in [2.24, 2.45) is 5.73 Å². The zero-order chi connectivity index (χ0) is 13.1. The number of halogens is 1. The predicted molar refractivity (Wildman–Crippen MR) is 69.3 cm³/mol. The highest BCUT2D eigenvalue weighted by Crippen LogP contribution is 2.26. The Morgan fingerprint density at radius 3 is 2.67 bits per heavy atom. The van der Waals surface area contributed by atoms with Gasteiger partial charge >= 0.3 is 0 Å². The van der Waals surface area contributed by atoms with Crippen LogP contribution in [0.25, 0.3) is 11.5 Å². The van der Waals surface area contributed by atoms with Gasteiger partial charge in [0.15, 0.2) is 0 Å². The lowest BCUT2D eigenvalue weighted by Gasteiger charge is -2.00. The predicted octanol–water partition coefficient (Wildman–Crippen LogP) is 2.36. The van der Waals surface area contributed by atoms with E-state index in [0.29, 0.717) is 16.1 Å². The van der Waals surface area contributed by atoms with Crippen LogP contribution >= 0.6 is 23.4 Å². The van der Waals surface area contributed by atoms with Crippen molar-refractivity contribution in [1.82, 2.24) is 10.2 Å². The topological polar surface area (TPSA) is 82.0 Å². The Balaban J connectivity index is 2.15. The van der Waals surface area contributed by atoms with Gasteiger partial charge in [-0.05, 0) is 31.2 Å². The van der Waals surface area contributed by atoms with Crippen LogP contribution in [0, 0.1) is 0 Å². The van der Waals surface area contributed by atoms with E-state index >= 15 is 0 Å². The molecule has 0 radical (unpaired) electrons. The number of benzene rings is 1. The first-order valence-corrected chi connectivity index (χ1v) is 6.37. The smallest absolute Gasteiger partial charge is 0.277 e. The van der Waals surface area contributed by atoms with Crippen LogP contribution in [0.3, 0.4) is 0 Å². The lowest BCUT2D eigenvalue weighted by molar-refractivity contribution is -0.117. The molecule has 1 amide bonds. The molecule has 0 fully saturated rings. The third kappa shape index (κ3) is 3.02. The van der Waals surface area contributed by atoms with E-state index in [1.807, 2.05) is 0 Å². The van der Waals surface area contributed by atoms with E-state index in [4.69, 9.17) is 21.8 Å². The Kier molecular flexibility index (Phi) is 3.88. The van der Waals surface area contributed by atoms with Crippen LogP contribution < -0.4 is 5.73 Å². The molecule has 7 heteroatoms. The average Bonchev–Trinajstić information content (AvgIpc) is 2.78. The molecule has 0 aliphatic heterocycles. The maximum absolute atomic E-state index is 10.9. The second-order valence-electron chi connectivity index (χ2n) is 3.54. The van der Waals surface area contributed by atoms with E-state index in [0.717, 1.165) is 17.3 Å². The lowest BCUT2D eigenvalue weighted by Crippen LogP contribution is -2.22. The summed E-state index contributed by atoms with van der Waals surface area (Å²) < 4.78 is 5.42. The number of hydrogen-bond donors (Lipinski definition) is 1. The van der Waals surface area contributed by atoms with E-state index in [9.17, 15) is 4.79 Å². The molecule has 2 rings (SSSR count). The lowest BCUT2D eigenvalue weighted by atomic mass is 10.2. The molecule has 94 valence electrons. The minimum Gasteiger partial charge on any atom is -0.411 e. The Morgan fingerprint density at radius 1 is 1.39 bits per heavy atom. The number of carbonyl (C=O) groups excluding carboxylic acids is 1. The number of hydrogen-bond acceptors (Lipinski definition) is 5. The molecule has 0 bridgehead atoms. The maximum Gasteiger partial charge on any atom is 0.277 e. The van der Waals surface area contributed by atoms with Crippen molar-refractivity contribution in [3.8, 4) is 11.5 Å². The van der Waals surface area contributed by atoms with Crippen molar-refractivity contribution in [3.63, 3.8) is 0 Å². The Hall–Kier alpha value is -1.53. The average molecular weight is 284 g/mol. The molecule has 1 atom stereocenters. The fraction of sp³-hybridized carbons (Fsp3) is 0.182. The SMILES string of the molecule is C[C@H](Sc1nnc(-c2ccc(Cl)cc2)o1)C(N)=O. The summed E-state index contributed by atoms with van der Waals surface area (Å²) in [5.41, 5.74) is 5.92. The molecular formula is C11H10ClN3O2S. The number of primary amides is 1. The summed E-state index contributed by atoms with van der Waals surface area (Å²) >= 11 is 6.92. The number of carbonyl (C=O) groups is 1. The second kappa shape index (κ2) is 5.41. The summed E-state index contributed by atoms with van der Waals surface area (Å²) in [6, 6.07) is 7.03. The zero-order valence-electron chi connectivity index (χ0n) is 9.46. The van der Waals surface area contributed by atoms with Gasteiger partial charge in [0, 0.05) is 10.6 Å². The summed E-state index contributed by atoms with van der Waals surface area (Å²) in [6.07, 6.45) is 0. The maximum atomic E-state index is 10.9. The van der Waals surface area contributed by atoms with Crippen LogP contribution in [0.2, 0.25) is 5.02 Å². The van der Waals surface area contributed by atoms with Crippen molar-refractivity contribution in [3.05, 3.63) is 29.3 Å². The molecule has 18 heavy (non-hydrogen) atoms. The van der Waals surface area contributed by atoms with Crippen LogP contribution in [0.1, 0.15) is 6.92 Å². The second-order valence-corrected chi connectivity index (χ2v) is 5.27. The van der Waals surface area contributed by atoms with Gasteiger partial charge in [0.1, 0.15) is 0 Å². The van der Waals surface area contributed by atoms with Crippen molar-refractivity contribution < 1.29 is 9.21 Å². The van der Waals surface area contributed by atoms with Crippen molar-refractivity contribution in [2.45, 2.75) is 17.4 Å². The van der Waals surface area contributed by atoms with E-state index in [2.05, 4.69) is 10.2 Å². The van der Waals surface area contributed by atoms with Crippen molar-refractivity contribution >= 4 is 29.3 Å². The first-order valence-electron chi connectivity index (χ1n) is 5.11. The quantitative estimate of drug-likeness (QED) is 0.871. The highest BCUT2D eigenvalue weighted by molar-refractivity contribution is 8.00. The molecule has 0 spiro atoms. The molecule has 0 saturated heterocycles. The largest absolute Gasteiger partial charge is 0.411 e. The van der Waals surface area contributed by atoms with Gasteiger partial charge in [-0.3, -0.25) is 4.79 Å². The minimum absolute atomic E-state index is 0.311. The first kappa shape index (κ1) is 12.9. The molecule has 2 N–H and O–H groups in total. The molecule has 0 saturated carbocycles. The van der Waals surface area contributed by atoms with Gasteiger partial charge in [-0.25, -0.2) is 0 Å². The Morgan fingerprint density at radius 2 is 2.06 bits per heavy atom. The van der Waals surface area contributed by atoms with E-state index < -0.39 is 11.2 Å².